The lowest BCUT2D eigenvalue weighted by molar-refractivity contribution is 0.200. The van der Waals surface area contributed by atoms with Gasteiger partial charge in [0.05, 0.1) is 6.10 Å². The zero-order chi connectivity index (χ0) is 13.7. The first-order chi connectivity index (χ1) is 9.13. The van der Waals surface area contributed by atoms with Gasteiger partial charge in [-0.15, -0.1) is 11.8 Å². The number of rotatable bonds is 5. The summed E-state index contributed by atoms with van der Waals surface area (Å²) in [6, 6.07) is 11.2. The Morgan fingerprint density at radius 2 is 2.00 bits per heavy atom. The Labute approximate surface area is 121 Å². The van der Waals surface area contributed by atoms with Gasteiger partial charge in [-0.1, -0.05) is 11.6 Å². The van der Waals surface area contributed by atoms with E-state index in [1.54, 1.807) is 24.0 Å². The first-order valence-corrected chi connectivity index (χ1v) is 7.26. The van der Waals surface area contributed by atoms with Crippen LogP contribution in [-0.2, 0) is 6.42 Å². The Morgan fingerprint density at radius 3 is 2.68 bits per heavy atom. The molecule has 1 aromatic carbocycles. The number of aliphatic hydroxyl groups is 1. The van der Waals surface area contributed by atoms with Crippen molar-refractivity contribution in [3.8, 4) is 0 Å². The largest absolute Gasteiger partial charge is 0.392 e. The zero-order valence-electron chi connectivity index (χ0n) is 10.3. The lowest BCUT2D eigenvalue weighted by atomic mass is 10.1. The van der Waals surface area contributed by atoms with Gasteiger partial charge in [0.25, 0.3) is 0 Å². The normalized spacial score (nSPS) is 12.3. The topological polar surface area (TPSA) is 59.1 Å². The molecule has 0 aliphatic rings. The van der Waals surface area contributed by atoms with Crippen LogP contribution in [0.2, 0.25) is 5.02 Å². The van der Waals surface area contributed by atoms with Crippen LogP contribution in [0, 0.1) is 0 Å². The van der Waals surface area contributed by atoms with Crippen LogP contribution in [0.4, 0.5) is 5.82 Å². The molecule has 0 saturated heterocycles. The van der Waals surface area contributed by atoms with Crippen LogP contribution in [-0.4, -0.2) is 21.9 Å². The number of halogens is 1. The zero-order valence-corrected chi connectivity index (χ0v) is 11.9. The number of anilines is 1. The molecule has 100 valence electrons. The van der Waals surface area contributed by atoms with E-state index >= 15 is 0 Å². The van der Waals surface area contributed by atoms with Crippen LogP contribution < -0.4 is 5.73 Å². The Morgan fingerprint density at radius 1 is 1.26 bits per heavy atom. The highest BCUT2D eigenvalue weighted by atomic mass is 35.5. The molecule has 19 heavy (non-hydrogen) atoms. The second-order valence-electron chi connectivity index (χ2n) is 4.21. The van der Waals surface area contributed by atoms with E-state index in [0.29, 0.717) is 18.0 Å². The summed E-state index contributed by atoms with van der Waals surface area (Å²) in [7, 11) is 0. The number of aromatic nitrogens is 1. The Bertz CT molecular complexity index is 533. The highest BCUT2D eigenvalue weighted by Crippen LogP contribution is 2.21. The van der Waals surface area contributed by atoms with Crippen molar-refractivity contribution in [1.82, 2.24) is 4.98 Å². The quantitative estimate of drug-likeness (QED) is 0.832. The molecule has 0 amide bonds. The number of thioether (sulfide) groups is 1. The predicted molar refractivity (Wildman–Crippen MR) is 80.5 cm³/mol. The first kappa shape index (κ1) is 14.2. The molecule has 0 radical (unpaired) electrons. The minimum absolute atomic E-state index is 0.414. The average Bonchev–Trinajstić information content (AvgIpc) is 2.38. The van der Waals surface area contributed by atoms with Crippen LogP contribution in [0.15, 0.2) is 47.5 Å². The van der Waals surface area contributed by atoms with Crippen molar-refractivity contribution < 1.29 is 5.11 Å². The Kier molecular flexibility index (Phi) is 5.07. The lowest BCUT2D eigenvalue weighted by Gasteiger charge is -2.10. The molecule has 2 aromatic rings. The van der Waals surface area contributed by atoms with Crippen LogP contribution >= 0.6 is 23.4 Å². The monoisotopic (exact) mass is 294 g/mol. The second kappa shape index (κ2) is 6.80. The van der Waals surface area contributed by atoms with Gasteiger partial charge < -0.3 is 10.8 Å². The van der Waals surface area contributed by atoms with E-state index in [4.69, 9.17) is 17.3 Å². The Hall–Kier alpha value is -1.23. The molecule has 1 heterocycles. The fourth-order valence-electron chi connectivity index (χ4n) is 1.68. The number of hydrogen-bond acceptors (Lipinski definition) is 4. The number of benzene rings is 1. The average molecular weight is 295 g/mol. The van der Waals surface area contributed by atoms with Gasteiger partial charge in [-0.25, -0.2) is 4.98 Å². The fraction of sp³-hybridized carbons (Fsp3) is 0.214. The highest BCUT2D eigenvalue weighted by molar-refractivity contribution is 7.99. The van der Waals surface area contributed by atoms with E-state index in [2.05, 4.69) is 4.98 Å². The van der Waals surface area contributed by atoms with Gasteiger partial charge in [0.1, 0.15) is 5.82 Å². The van der Waals surface area contributed by atoms with Gasteiger partial charge in [0.2, 0.25) is 0 Å². The Balaban J connectivity index is 1.84. The summed E-state index contributed by atoms with van der Waals surface area (Å²) in [5, 5.41) is 10.7. The molecular weight excluding hydrogens is 280 g/mol. The maximum atomic E-state index is 10.0. The first-order valence-electron chi connectivity index (χ1n) is 5.90. The molecular formula is C14H15ClN2OS. The predicted octanol–water partition coefficient (Wildman–Crippen LogP) is 3.01. The van der Waals surface area contributed by atoms with E-state index in [9.17, 15) is 5.11 Å². The third-order valence-electron chi connectivity index (χ3n) is 2.57. The molecule has 0 fully saturated rings. The lowest BCUT2D eigenvalue weighted by Crippen LogP contribution is -2.13. The van der Waals surface area contributed by atoms with Gasteiger partial charge in [-0.05, 0) is 48.4 Å². The van der Waals surface area contributed by atoms with Crippen LogP contribution in [0.5, 0.6) is 0 Å². The molecule has 5 heteroatoms. The molecule has 1 atom stereocenters. The van der Waals surface area contributed by atoms with Crippen LogP contribution in [0.1, 0.15) is 5.56 Å². The molecule has 1 unspecified atom stereocenters. The molecule has 1 aromatic heterocycles. The highest BCUT2D eigenvalue weighted by Gasteiger charge is 2.07. The van der Waals surface area contributed by atoms with E-state index < -0.39 is 6.10 Å². The van der Waals surface area contributed by atoms with Crippen molar-refractivity contribution in [3.05, 3.63) is 53.2 Å². The van der Waals surface area contributed by atoms with Gasteiger partial charge >= 0.3 is 0 Å². The number of pyridine rings is 1. The van der Waals surface area contributed by atoms with E-state index in [1.165, 1.54) is 0 Å². The van der Waals surface area contributed by atoms with Crippen molar-refractivity contribution in [2.75, 3.05) is 11.5 Å². The van der Waals surface area contributed by atoms with Crippen LogP contribution in [0.3, 0.4) is 0 Å². The number of hydrogen-bond donors (Lipinski definition) is 2. The summed E-state index contributed by atoms with van der Waals surface area (Å²) in [5.41, 5.74) is 6.60. The van der Waals surface area contributed by atoms with Gasteiger partial charge in [0, 0.05) is 21.9 Å². The minimum atomic E-state index is -0.414. The van der Waals surface area contributed by atoms with Crippen molar-refractivity contribution in [3.63, 3.8) is 0 Å². The van der Waals surface area contributed by atoms with Crippen molar-refractivity contribution in [1.29, 1.82) is 0 Å². The minimum Gasteiger partial charge on any atom is -0.392 e. The van der Waals surface area contributed by atoms with Crippen molar-refractivity contribution in [2.24, 2.45) is 0 Å². The summed E-state index contributed by atoms with van der Waals surface area (Å²) in [4.78, 5) is 5.02. The molecule has 3 N–H and O–H groups in total. The summed E-state index contributed by atoms with van der Waals surface area (Å²) in [5.74, 6) is 1.11. The number of nitrogens with zero attached hydrogens (tertiary/aromatic N) is 1. The number of nitrogen functional groups attached to an aromatic ring is 1. The number of aliphatic hydroxyl groups excluding tert-OH is 1. The molecule has 0 bridgehead atoms. The molecule has 0 spiro atoms. The summed E-state index contributed by atoms with van der Waals surface area (Å²) in [6.07, 6.45) is 1.82. The smallest absolute Gasteiger partial charge is 0.123 e. The van der Waals surface area contributed by atoms with Gasteiger partial charge in [0.15, 0.2) is 0 Å². The van der Waals surface area contributed by atoms with E-state index in [-0.39, 0.29) is 0 Å². The third kappa shape index (κ3) is 4.74. The van der Waals surface area contributed by atoms with Crippen LogP contribution in [0.25, 0.3) is 0 Å². The summed E-state index contributed by atoms with van der Waals surface area (Å²) >= 11 is 7.43. The standard InChI is InChI=1S/C14H15ClN2OS/c15-11-1-3-13(4-2-11)19-9-12(18)7-10-5-6-17-14(16)8-10/h1-6,8,12,18H,7,9H2,(H2,16,17). The molecule has 0 aliphatic carbocycles. The molecule has 0 aliphatic heterocycles. The van der Waals surface area contributed by atoms with E-state index in [1.807, 2.05) is 30.3 Å². The fourth-order valence-corrected chi connectivity index (χ4v) is 2.63. The third-order valence-corrected chi connectivity index (χ3v) is 3.98. The van der Waals surface area contributed by atoms with Crippen molar-refractivity contribution >= 4 is 29.2 Å². The molecule has 2 rings (SSSR count). The number of nitrogens with two attached hydrogens (primary N) is 1. The molecule has 3 nitrogen and oxygen atoms in total. The van der Waals surface area contributed by atoms with E-state index in [0.717, 1.165) is 15.5 Å². The van der Waals surface area contributed by atoms with Crippen molar-refractivity contribution in [2.45, 2.75) is 17.4 Å². The van der Waals surface area contributed by atoms with Gasteiger partial charge in [-0.3, -0.25) is 0 Å². The summed E-state index contributed by atoms with van der Waals surface area (Å²) in [6.45, 7) is 0. The maximum Gasteiger partial charge on any atom is 0.123 e. The summed E-state index contributed by atoms with van der Waals surface area (Å²) < 4.78 is 0. The molecule has 0 saturated carbocycles. The maximum absolute atomic E-state index is 10.0. The SMILES string of the molecule is Nc1cc(CC(O)CSc2ccc(Cl)cc2)ccn1. The van der Waals surface area contributed by atoms with Gasteiger partial charge in [-0.2, -0.15) is 0 Å². The second-order valence-corrected chi connectivity index (χ2v) is 5.74.